The molecule has 1 amide bonds. The number of carbonyl (C=O) groups excluding carboxylic acids is 1. The number of hydrogen-bond acceptors (Lipinski definition) is 2. The predicted octanol–water partition coefficient (Wildman–Crippen LogP) is 2.99. The monoisotopic (exact) mass is 286 g/mol. The van der Waals surface area contributed by atoms with E-state index in [1.165, 1.54) is 43.6 Å². The third-order valence-corrected chi connectivity index (χ3v) is 4.82. The number of benzene rings is 1. The fourth-order valence-electron chi connectivity index (χ4n) is 3.17. The number of nitrogens with zero attached hydrogens (tertiary/aromatic N) is 1. The fourth-order valence-corrected chi connectivity index (χ4v) is 3.17. The molecule has 114 valence electrons. The van der Waals surface area contributed by atoms with Crippen LogP contribution in [0.2, 0.25) is 0 Å². The molecule has 1 aromatic rings. The normalized spacial score (nSPS) is 24.7. The first-order valence-corrected chi connectivity index (χ1v) is 8.35. The summed E-state index contributed by atoms with van der Waals surface area (Å²) in [7, 11) is 0. The molecule has 2 fully saturated rings. The van der Waals surface area contributed by atoms with Crippen LogP contribution in [0, 0.1) is 11.8 Å². The Hall–Kier alpha value is -1.51. The van der Waals surface area contributed by atoms with Gasteiger partial charge in [-0.3, -0.25) is 4.79 Å². The van der Waals surface area contributed by atoms with Gasteiger partial charge in [0.2, 0.25) is 5.91 Å². The van der Waals surface area contributed by atoms with Gasteiger partial charge in [-0.15, -0.1) is 0 Å². The topological polar surface area (TPSA) is 32.3 Å². The fraction of sp³-hybridized carbons (Fsp3) is 0.611. The maximum atomic E-state index is 11.7. The molecule has 1 aromatic carbocycles. The first kappa shape index (κ1) is 14.4. The number of anilines is 1. The lowest BCUT2D eigenvalue weighted by atomic mass is 10.1. The van der Waals surface area contributed by atoms with E-state index in [1.54, 1.807) is 0 Å². The third kappa shape index (κ3) is 3.78. The Kier molecular flexibility index (Phi) is 4.47. The molecule has 2 atom stereocenters. The summed E-state index contributed by atoms with van der Waals surface area (Å²) >= 11 is 0. The average molecular weight is 286 g/mol. The lowest BCUT2D eigenvalue weighted by molar-refractivity contribution is -0.122. The lowest BCUT2D eigenvalue weighted by Gasteiger charge is -2.28. The van der Waals surface area contributed by atoms with E-state index in [4.69, 9.17) is 0 Å². The number of nitrogens with one attached hydrogen (secondary N) is 1. The second-order valence-electron chi connectivity index (χ2n) is 6.57. The SMILES string of the molecule is CC1CC1C(=O)NCCc1ccc(N2CCCCC2)cc1. The molecule has 0 aromatic heterocycles. The van der Waals surface area contributed by atoms with E-state index < -0.39 is 0 Å². The van der Waals surface area contributed by atoms with Gasteiger partial charge < -0.3 is 10.2 Å². The minimum Gasteiger partial charge on any atom is -0.372 e. The standard InChI is InChI=1S/C18H26N2O/c1-14-13-17(14)18(21)19-10-9-15-5-7-16(8-6-15)20-11-3-2-4-12-20/h5-8,14,17H,2-4,9-13H2,1H3,(H,19,21). The van der Waals surface area contributed by atoms with Gasteiger partial charge in [-0.05, 0) is 55.7 Å². The van der Waals surface area contributed by atoms with Crippen LogP contribution in [0.4, 0.5) is 5.69 Å². The van der Waals surface area contributed by atoms with Crippen molar-refractivity contribution in [2.75, 3.05) is 24.5 Å². The van der Waals surface area contributed by atoms with Crippen molar-refractivity contribution < 1.29 is 4.79 Å². The second-order valence-corrected chi connectivity index (χ2v) is 6.57. The van der Waals surface area contributed by atoms with Crippen molar-refractivity contribution in [3.05, 3.63) is 29.8 Å². The maximum Gasteiger partial charge on any atom is 0.223 e. The first-order valence-electron chi connectivity index (χ1n) is 8.35. The van der Waals surface area contributed by atoms with Gasteiger partial charge in [-0.25, -0.2) is 0 Å². The van der Waals surface area contributed by atoms with Crippen LogP contribution < -0.4 is 10.2 Å². The van der Waals surface area contributed by atoms with Gasteiger partial charge in [0.05, 0.1) is 0 Å². The number of piperidine rings is 1. The minimum atomic E-state index is 0.243. The number of amides is 1. The molecule has 3 rings (SSSR count). The molecule has 3 nitrogen and oxygen atoms in total. The highest BCUT2D eigenvalue weighted by Crippen LogP contribution is 2.37. The van der Waals surface area contributed by atoms with Gasteiger partial charge in [0, 0.05) is 31.2 Å². The summed E-state index contributed by atoms with van der Waals surface area (Å²) in [5.41, 5.74) is 2.65. The van der Waals surface area contributed by atoms with Crippen molar-refractivity contribution in [1.82, 2.24) is 5.32 Å². The van der Waals surface area contributed by atoms with Gasteiger partial charge in [0.15, 0.2) is 0 Å². The Labute approximate surface area is 127 Å². The molecule has 1 aliphatic heterocycles. The predicted molar refractivity (Wildman–Crippen MR) is 86.5 cm³/mol. The smallest absolute Gasteiger partial charge is 0.223 e. The number of rotatable bonds is 5. The molecule has 0 radical (unpaired) electrons. The molecule has 1 aliphatic carbocycles. The quantitative estimate of drug-likeness (QED) is 0.902. The third-order valence-electron chi connectivity index (χ3n) is 4.82. The molecule has 3 heteroatoms. The van der Waals surface area contributed by atoms with Crippen molar-refractivity contribution in [2.24, 2.45) is 11.8 Å². The van der Waals surface area contributed by atoms with Gasteiger partial charge in [0.25, 0.3) is 0 Å². The van der Waals surface area contributed by atoms with Crippen LogP contribution in [0.25, 0.3) is 0 Å². The van der Waals surface area contributed by atoms with Crippen molar-refractivity contribution in [3.8, 4) is 0 Å². The van der Waals surface area contributed by atoms with E-state index in [2.05, 4.69) is 41.4 Å². The largest absolute Gasteiger partial charge is 0.372 e. The van der Waals surface area contributed by atoms with Gasteiger partial charge in [-0.1, -0.05) is 19.1 Å². The molecule has 1 saturated heterocycles. The molecular formula is C18H26N2O. The summed E-state index contributed by atoms with van der Waals surface area (Å²) < 4.78 is 0. The highest BCUT2D eigenvalue weighted by molar-refractivity contribution is 5.81. The van der Waals surface area contributed by atoms with Crippen LogP contribution >= 0.6 is 0 Å². The Morgan fingerprint density at radius 3 is 2.48 bits per heavy atom. The zero-order valence-electron chi connectivity index (χ0n) is 13.0. The van der Waals surface area contributed by atoms with Crippen LogP contribution in [-0.4, -0.2) is 25.5 Å². The molecule has 2 aliphatic rings. The molecular weight excluding hydrogens is 260 g/mol. The Balaban J connectivity index is 1.44. The second kappa shape index (κ2) is 6.50. The van der Waals surface area contributed by atoms with Crippen molar-refractivity contribution in [3.63, 3.8) is 0 Å². The van der Waals surface area contributed by atoms with E-state index in [0.717, 1.165) is 19.4 Å². The summed E-state index contributed by atoms with van der Waals surface area (Å²) in [5, 5.41) is 3.05. The molecule has 1 saturated carbocycles. The minimum absolute atomic E-state index is 0.243. The molecule has 1 heterocycles. The van der Waals surface area contributed by atoms with E-state index in [1.807, 2.05) is 0 Å². The summed E-state index contributed by atoms with van der Waals surface area (Å²) in [5.74, 6) is 1.12. The summed E-state index contributed by atoms with van der Waals surface area (Å²) in [6, 6.07) is 8.86. The zero-order valence-corrected chi connectivity index (χ0v) is 13.0. The van der Waals surface area contributed by atoms with E-state index in [-0.39, 0.29) is 11.8 Å². The van der Waals surface area contributed by atoms with Crippen molar-refractivity contribution in [2.45, 2.75) is 39.0 Å². The van der Waals surface area contributed by atoms with Crippen LogP contribution in [0.5, 0.6) is 0 Å². The maximum absolute atomic E-state index is 11.7. The lowest BCUT2D eigenvalue weighted by Crippen LogP contribution is -2.29. The molecule has 2 unspecified atom stereocenters. The summed E-state index contributed by atoms with van der Waals surface area (Å²) in [6.45, 7) is 5.28. The van der Waals surface area contributed by atoms with Crippen LogP contribution in [0.15, 0.2) is 24.3 Å². The summed E-state index contributed by atoms with van der Waals surface area (Å²) in [4.78, 5) is 14.2. The van der Waals surface area contributed by atoms with E-state index in [9.17, 15) is 4.79 Å². The van der Waals surface area contributed by atoms with E-state index >= 15 is 0 Å². The van der Waals surface area contributed by atoms with Gasteiger partial charge in [-0.2, -0.15) is 0 Å². The molecule has 1 N–H and O–H groups in total. The summed E-state index contributed by atoms with van der Waals surface area (Å²) in [6.07, 6.45) is 5.98. The molecule has 0 spiro atoms. The highest BCUT2D eigenvalue weighted by atomic mass is 16.2. The van der Waals surface area contributed by atoms with Crippen LogP contribution in [-0.2, 0) is 11.2 Å². The molecule has 21 heavy (non-hydrogen) atoms. The van der Waals surface area contributed by atoms with Crippen molar-refractivity contribution >= 4 is 11.6 Å². The number of carbonyl (C=O) groups is 1. The van der Waals surface area contributed by atoms with E-state index in [0.29, 0.717) is 5.92 Å². The van der Waals surface area contributed by atoms with Crippen molar-refractivity contribution in [1.29, 1.82) is 0 Å². The zero-order chi connectivity index (χ0) is 14.7. The molecule has 0 bridgehead atoms. The van der Waals surface area contributed by atoms with Gasteiger partial charge in [0.1, 0.15) is 0 Å². The Morgan fingerprint density at radius 2 is 1.86 bits per heavy atom. The van der Waals surface area contributed by atoms with Crippen LogP contribution in [0.1, 0.15) is 38.2 Å². The first-order chi connectivity index (χ1) is 10.2. The average Bonchev–Trinajstić information content (AvgIpc) is 3.26. The van der Waals surface area contributed by atoms with Gasteiger partial charge >= 0.3 is 0 Å². The Bertz CT molecular complexity index is 476. The van der Waals surface area contributed by atoms with Crippen LogP contribution in [0.3, 0.4) is 0 Å². The Morgan fingerprint density at radius 1 is 1.19 bits per heavy atom. The highest BCUT2D eigenvalue weighted by Gasteiger charge is 2.38. The number of hydrogen-bond donors (Lipinski definition) is 1.